The van der Waals surface area contributed by atoms with Crippen molar-refractivity contribution in [3.8, 4) is 0 Å². The summed E-state index contributed by atoms with van der Waals surface area (Å²) < 4.78 is 5.68. The molecule has 0 spiro atoms. The standard InChI is InChI=1S/C11H8N2O/c1-7-11-8(2-5-13-7)9-6-12-4-3-10(9)14-11/h2-6H,1H3. The predicted molar refractivity (Wildman–Crippen MR) is 54.0 cm³/mol. The number of furan rings is 1. The maximum atomic E-state index is 5.68. The van der Waals surface area contributed by atoms with E-state index in [0.717, 1.165) is 27.6 Å². The van der Waals surface area contributed by atoms with Crippen molar-refractivity contribution in [2.75, 3.05) is 0 Å². The smallest absolute Gasteiger partial charge is 0.156 e. The van der Waals surface area contributed by atoms with Crippen LogP contribution in [0.1, 0.15) is 5.69 Å². The van der Waals surface area contributed by atoms with Crippen molar-refractivity contribution in [3.63, 3.8) is 0 Å². The van der Waals surface area contributed by atoms with Gasteiger partial charge in [-0.25, -0.2) is 0 Å². The van der Waals surface area contributed by atoms with Crippen LogP contribution in [-0.4, -0.2) is 9.97 Å². The van der Waals surface area contributed by atoms with Crippen LogP contribution in [0.5, 0.6) is 0 Å². The molecule has 3 heterocycles. The zero-order valence-corrected chi connectivity index (χ0v) is 7.69. The van der Waals surface area contributed by atoms with Crippen LogP contribution in [0.4, 0.5) is 0 Å². The molecule has 0 aliphatic heterocycles. The zero-order valence-electron chi connectivity index (χ0n) is 7.69. The average Bonchev–Trinajstić information content (AvgIpc) is 2.59. The van der Waals surface area contributed by atoms with Crippen LogP contribution < -0.4 is 0 Å². The molecule has 0 aliphatic rings. The molecule has 0 bridgehead atoms. The van der Waals surface area contributed by atoms with Gasteiger partial charge < -0.3 is 4.42 Å². The molecule has 0 saturated heterocycles. The van der Waals surface area contributed by atoms with Gasteiger partial charge in [0, 0.05) is 29.4 Å². The van der Waals surface area contributed by atoms with Gasteiger partial charge in [-0.1, -0.05) is 0 Å². The van der Waals surface area contributed by atoms with Gasteiger partial charge in [-0.2, -0.15) is 0 Å². The third-order valence-electron chi connectivity index (χ3n) is 2.37. The topological polar surface area (TPSA) is 38.9 Å². The first-order valence-corrected chi connectivity index (χ1v) is 4.44. The minimum Gasteiger partial charge on any atom is -0.454 e. The second-order valence-electron chi connectivity index (χ2n) is 3.25. The van der Waals surface area contributed by atoms with Crippen LogP contribution >= 0.6 is 0 Å². The predicted octanol–water partition coefficient (Wildman–Crippen LogP) is 2.68. The van der Waals surface area contributed by atoms with Crippen molar-refractivity contribution < 1.29 is 4.42 Å². The van der Waals surface area contributed by atoms with Crippen LogP contribution in [0.25, 0.3) is 21.9 Å². The molecule has 3 aromatic heterocycles. The van der Waals surface area contributed by atoms with E-state index in [-0.39, 0.29) is 0 Å². The van der Waals surface area contributed by atoms with Gasteiger partial charge in [0.15, 0.2) is 5.58 Å². The monoisotopic (exact) mass is 184 g/mol. The third kappa shape index (κ3) is 0.865. The van der Waals surface area contributed by atoms with E-state index in [1.54, 1.807) is 12.4 Å². The van der Waals surface area contributed by atoms with E-state index < -0.39 is 0 Å². The molecule has 0 aliphatic carbocycles. The fraction of sp³-hybridized carbons (Fsp3) is 0.0909. The molecule has 0 radical (unpaired) electrons. The fourth-order valence-electron chi connectivity index (χ4n) is 1.68. The Labute approximate surface area is 80.4 Å². The van der Waals surface area contributed by atoms with Crippen molar-refractivity contribution in [3.05, 3.63) is 36.4 Å². The van der Waals surface area contributed by atoms with Gasteiger partial charge in [-0.05, 0) is 19.1 Å². The highest BCUT2D eigenvalue weighted by Crippen LogP contribution is 2.28. The van der Waals surface area contributed by atoms with Crippen molar-refractivity contribution in [1.82, 2.24) is 9.97 Å². The van der Waals surface area contributed by atoms with Crippen molar-refractivity contribution in [2.24, 2.45) is 0 Å². The first kappa shape index (κ1) is 7.50. The Morgan fingerprint density at radius 1 is 1.14 bits per heavy atom. The SMILES string of the molecule is Cc1nccc2c1oc1ccncc12. The molecule has 0 aromatic carbocycles. The lowest BCUT2D eigenvalue weighted by molar-refractivity contribution is 0.662. The number of pyridine rings is 2. The maximum Gasteiger partial charge on any atom is 0.156 e. The Morgan fingerprint density at radius 3 is 3.00 bits per heavy atom. The van der Waals surface area contributed by atoms with Gasteiger partial charge in [-0.3, -0.25) is 9.97 Å². The van der Waals surface area contributed by atoms with Crippen LogP contribution in [0.15, 0.2) is 35.1 Å². The van der Waals surface area contributed by atoms with Crippen molar-refractivity contribution in [2.45, 2.75) is 6.92 Å². The molecule has 14 heavy (non-hydrogen) atoms. The van der Waals surface area contributed by atoms with E-state index >= 15 is 0 Å². The summed E-state index contributed by atoms with van der Waals surface area (Å²) >= 11 is 0. The molecule has 3 rings (SSSR count). The molecule has 68 valence electrons. The van der Waals surface area contributed by atoms with E-state index in [4.69, 9.17) is 4.42 Å². The molecule has 0 saturated carbocycles. The molecule has 3 aromatic rings. The average molecular weight is 184 g/mol. The molecule has 0 unspecified atom stereocenters. The van der Waals surface area contributed by atoms with Crippen molar-refractivity contribution in [1.29, 1.82) is 0 Å². The Balaban J connectivity index is 2.63. The van der Waals surface area contributed by atoms with Crippen LogP contribution in [-0.2, 0) is 0 Å². The second-order valence-corrected chi connectivity index (χ2v) is 3.25. The lowest BCUT2D eigenvalue weighted by Crippen LogP contribution is -1.78. The first-order valence-electron chi connectivity index (χ1n) is 4.44. The summed E-state index contributed by atoms with van der Waals surface area (Å²) in [6.45, 7) is 1.94. The van der Waals surface area contributed by atoms with E-state index in [1.165, 1.54) is 0 Å². The highest BCUT2D eigenvalue weighted by molar-refractivity contribution is 6.04. The fourth-order valence-corrected chi connectivity index (χ4v) is 1.68. The number of nitrogens with zero attached hydrogens (tertiary/aromatic N) is 2. The van der Waals surface area contributed by atoms with Gasteiger partial charge in [0.2, 0.25) is 0 Å². The van der Waals surface area contributed by atoms with Gasteiger partial charge in [0.1, 0.15) is 5.58 Å². The number of hydrogen-bond acceptors (Lipinski definition) is 3. The van der Waals surface area contributed by atoms with Crippen LogP contribution in [0.2, 0.25) is 0 Å². The normalized spacial score (nSPS) is 11.2. The molecule has 0 N–H and O–H groups in total. The highest BCUT2D eigenvalue weighted by atomic mass is 16.3. The third-order valence-corrected chi connectivity index (χ3v) is 2.37. The Hall–Kier alpha value is -1.90. The molecule has 0 fully saturated rings. The molecule has 0 amide bonds. The molecule has 3 heteroatoms. The molecular formula is C11H8N2O. The van der Waals surface area contributed by atoms with Gasteiger partial charge in [0.25, 0.3) is 0 Å². The Kier molecular flexibility index (Phi) is 1.36. The number of rotatable bonds is 0. The first-order chi connectivity index (χ1) is 6.86. The molecule has 3 nitrogen and oxygen atoms in total. The van der Waals surface area contributed by atoms with E-state index in [1.807, 2.05) is 25.3 Å². The number of hydrogen-bond donors (Lipinski definition) is 0. The highest BCUT2D eigenvalue weighted by Gasteiger charge is 2.07. The van der Waals surface area contributed by atoms with Crippen LogP contribution in [0.3, 0.4) is 0 Å². The van der Waals surface area contributed by atoms with Gasteiger partial charge >= 0.3 is 0 Å². The summed E-state index contributed by atoms with van der Waals surface area (Å²) in [5.74, 6) is 0. The zero-order chi connectivity index (χ0) is 9.54. The quantitative estimate of drug-likeness (QED) is 0.539. The van der Waals surface area contributed by atoms with E-state index in [0.29, 0.717) is 0 Å². The number of fused-ring (bicyclic) bond motifs is 3. The van der Waals surface area contributed by atoms with E-state index in [9.17, 15) is 0 Å². The second kappa shape index (κ2) is 2.54. The summed E-state index contributed by atoms with van der Waals surface area (Å²) in [7, 11) is 0. The minimum absolute atomic E-state index is 0.857. The lowest BCUT2D eigenvalue weighted by Gasteiger charge is -1.90. The summed E-state index contributed by atoms with van der Waals surface area (Å²) in [6, 6.07) is 3.82. The maximum absolute atomic E-state index is 5.68. The summed E-state index contributed by atoms with van der Waals surface area (Å²) in [5, 5.41) is 2.13. The minimum atomic E-state index is 0.857. The largest absolute Gasteiger partial charge is 0.454 e. The van der Waals surface area contributed by atoms with Crippen molar-refractivity contribution >= 4 is 21.9 Å². The summed E-state index contributed by atoms with van der Waals surface area (Å²) in [5.41, 5.74) is 2.64. The Bertz CT molecular complexity index is 613. The van der Waals surface area contributed by atoms with Gasteiger partial charge in [0.05, 0.1) is 5.69 Å². The van der Waals surface area contributed by atoms with E-state index in [2.05, 4.69) is 9.97 Å². The Morgan fingerprint density at radius 2 is 2.07 bits per heavy atom. The lowest BCUT2D eigenvalue weighted by atomic mass is 10.2. The summed E-state index contributed by atoms with van der Waals surface area (Å²) in [4.78, 5) is 8.27. The van der Waals surface area contributed by atoms with Gasteiger partial charge in [-0.15, -0.1) is 0 Å². The molecule has 0 atom stereocenters. The number of aryl methyl sites for hydroxylation is 1. The van der Waals surface area contributed by atoms with Crippen LogP contribution in [0, 0.1) is 6.92 Å². The summed E-state index contributed by atoms with van der Waals surface area (Å²) in [6.07, 6.45) is 5.34. The number of aromatic nitrogens is 2. The molecular weight excluding hydrogens is 176 g/mol.